The van der Waals surface area contributed by atoms with Gasteiger partial charge in [0.1, 0.15) is 0 Å². The lowest BCUT2D eigenvalue weighted by molar-refractivity contribution is 0.0124. The molecule has 2 fully saturated rings. The van der Waals surface area contributed by atoms with E-state index in [1.807, 2.05) is 0 Å². The summed E-state index contributed by atoms with van der Waals surface area (Å²) in [5.74, 6) is 0.930. The third-order valence-corrected chi connectivity index (χ3v) is 8.21. The number of ether oxygens (including phenoxy) is 1. The number of rotatable bonds is 8. The molecule has 1 unspecified atom stereocenters. The summed E-state index contributed by atoms with van der Waals surface area (Å²) in [6.45, 7) is 11.5. The van der Waals surface area contributed by atoms with Crippen LogP contribution in [0.25, 0.3) is 0 Å². The zero-order chi connectivity index (χ0) is 22.4. The van der Waals surface area contributed by atoms with Crippen LogP contribution in [0.1, 0.15) is 50.4 Å². The van der Waals surface area contributed by atoms with E-state index in [-0.39, 0.29) is 16.8 Å². The predicted molar refractivity (Wildman–Crippen MR) is 122 cm³/mol. The maximum Gasteiger partial charge on any atom is 0.251 e. The number of nitrogens with one attached hydrogen (secondary N) is 1. The van der Waals surface area contributed by atoms with E-state index in [0.29, 0.717) is 37.0 Å². The minimum absolute atomic E-state index is 0.169. The van der Waals surface area contributed by atoms with E-state index in [4.69, 9.17) is 4.74 Å². The second-order valence-electron chi connectivity index (χ2n) is 9.25. The van der Waals surface area contributed by atoms with E-state index in [0.717, 1.165) is 45.6 Å². The number of carbonyl (C=O) groups excluding carboxylic acids is 1. The molecule has 0 bridgehead atoms. The van der Waals surface area contributed by atoms with Crippen LogP contribution in [0, 0.1) is 11.8 Å². The SMILES string of the molecule is CC(C)CC(CNC(=O)c1ccc(S(=O)(=O)N2CCC(C)CC2)cc1)N1CCOCC1. The number of benzene rings is 1. The first kappa shape index (κ1) is 24.2. The summed E-state index contributed by atoms with van der Waals surface area (Å²) in [4.78, 5) is 15.3. The van der Waals surface area contributed by atoms with Crippen molar-refractivity contribution in [1.82, 2.24) is 14.5 Å². The first-order valence-electron chi connectivity index (χ1n) is 11.5. The zero-order valence-electron chi connectivity index (χ0n) is 19.0. The minimum atomic E-state index is -3.50. The van der Waals surface area contributed by atoms with Gasteiger partial charge in [0.2, 0.25) is 10.0 Å². The van der Waals surface area contributed by atoms with Gasteiger partial charge in [-0.1, -0.05) is 20.8 Å². The Hall–Kier alpha value is -1.48. The Labute approximate surface area is 187 Å². The van der Waals surface area contributed by atoms with Crippen LogP contribution in [0.3, 0.4) is 0 Å². The number of morpholine rings is 1. The molecule has 0 aromatic heterocycles. The lowest BCUT2D eigenvalue weighted by atomic mass is 10.0. The summed E-state index contributed by atoms with van der Waals surface area (Å²) in [6, 6.07) is 6.60. The van der Waals surface area contributed by atoms with Gasteiger partial charge < -0.3 is 10.1 Å². The number of nitrogens with zero attached hydrogens (tertiary/aromatic N) is 2. The Balaban J connectivity index is 1.60. The summed E-state index contributed by atoms with van der Waals surface area (Å²) in [6.07, 6.45) is 2.78. The van der Waals surface area contributed by atoms with Crippen molar-refractivity contribution < 1.29 is 17.9 Å². The molecule has 1 aromatic carbocycles. The third-order valence-electron chi connectivity index (χ3n) is 6.30. The zero-order valence-corrected chi connectivity index (χ0v) is 19.9. The van der Waals surface area contributed by atoms with Gasteiger partial charge in [-0.25, -0.2) is 8.42 Å². The molecule has 31 heavy (non-hydrogen) atoms. The van der Waals surface area contributed by atoms with Crippen LogP contribution in [0.15, 0.2) is 29.2 Å². The van der Waals surface area contributed by atoms with Gasteiger partial charge in [-0.15, -0.1) is 0 Å². The molecule has 3 rings (SSSR count). The number of hydrogen-bond donors (Lipinski definition) is 1. The van der Waals surface area contributed by atoms with E-state index in [9.17, 15) is 13.2 Å². The standard InChI is InChI=1S/C23H37N3O4S/c1-18(2)16-21(25-12-14-30-15-13-25)17-24-23(27)20-4-6-22(7-5-20)31(28,29)26-10-8-19(3)9-11-26/h4-7,18-19,21H,8-17H2,1-3H3,(H,24,27). The summed E-state index contributed by atoms with van der Waals surface area (Å²) in [7, 11) is -3.50. The second kappa shape index (κ2) is 10.9. The summed E-state index contributed by atoms with van der Waals surface area (Å²) in [5.41, 5.74) is 0.483. The average molecular weight is 452 g/mol. The highest BCUT2D eigenvalue weighted by atomic mass is 32.2. The second-order valence-corrected chi connectivity index (χ2v) is 11.2. The molecule has 0 radical (unpaired) electrons. The highest BCUT2D eigenvalue weighted by Gasteiger charge is 2.28. The van der Waals surface area contributed by atoms with Gasteiger partial charge in [0.05, 0.1) is 18.1 Å². The van der Waals surface area contributed by atoms with Gasteiger partial charge in [0, 0.05) is 44.3 Å². The molecule has 1 aromatic rings. The van der Waals surface area contributed by atoms with Crippen molar-refractivity contribution in [3.05, 3.63) is 29.8 Å². The first-order chi connectivity index (χ1) is 14.8. The van der Waals surface area contributed by atoms with Gasteiger partial charge in [-0.3, -0.25) is 9.69 Å². The van der Waals surface area contributed by atoms with Crippen LogP contribution < -0.4 is 5.32 Å². The predicted octanol–water partition coefficient (Wildman–Crippen LogP) is 2.58. The van der Waals surface area contributed by atoms with Crippen LogP contribution in [-0.4, -0.2) is 75.5 Å². The van der Waals surface area contributed by atoms with Crippen molar-refractivity contribution in [3.63, 3.8) is 0 Å². The van der Waals surface area contributed by atoms with E-state index < -0.39 is 10.0 Å². The quantitative estimate of drug-likeness (QED) is 0.657. The smallest absolute Gasteiger partial charge is 0.251 e. The van der Waals surface area contributed by atoms with E-state index in [1.165, 1.54) is 0 Å². The van der Waals surface area contributed by atoms with Crippen LogP contribution in [-0.2, 0) is 14.8 Å². The van der Waals surface area contributed by atoms with Crippen molar-refractivity contribution in [3.8, 4) is 0 Å². The molecule has 7 nitrogen and oxygen atoms in total. The summed E-state index contributed by atoms with van der Waals surface area (Å²) in [5, 5.41) is 3.05. The Kier molecular flexibility index (Phi) is 8.50. The number of piperidine rings is 1. The maximum absolute atomic E-state index is 12.9. The fourth-order valence-electron chi connectivity index (χ4n) is 4.31. The molecule has 2 saturated heterocycles. The average Bonchev–Trinajstić information content (AvgIpc) is 2.77. The molecule has 0 spiro atoms. The Bertz CT molecular complexity index is 812. The number of carbonyl (C=O) groups is 1. The van der Waals surface area contributed by atoms with Crippen LogP contribution in [0.4, 0.5) is 0 Å². The van der Waals surface area contributed by atoms with Crippen LogP contribution >= 0.6 is 0 Å². The summed E-state index contributed by atoms with van der Waals surface area (Å²) < 4.78 is 32.8. The van der Waals surface area contributed by atoms with E-state index in [2.05, 4.69) is 31.0 Å². The molecule has 8 heteroatoms. The van der Waals surface area contributed by atoms with E-state index >= 15 is 0 Å². The molecule has 2 heterocycles. The molecular weight excluding hydrogens is 414 g/mol. The Morgan fingerprint density at radius 2 is 1.71 bits per heavy atom. The maximum atomic E-state index is 12.9. The number of hydrogen-bond acceptors (Lipinski definition) is 5. The third kappa shape index (κ3) is 6.51. The largest absolute Gasteiger partial charge is 0.379 e. The fraction of sp³-hybridized carbons (Fsp3) is 0.696. The van der Waals surface area contributed by atoms with Gasteiger partial charge in [-0.05, 0) is 55.4 Å². The fourth-order valence-corrected chi connectivity index (χ4v) is 5.78. The lowest BCUT2D eigenvalue weighted by Gasteiger charge is -2.35. The molecular formula is C23H37N3O4S. The topological polar surface area (TPSA) is 79.0 Å². The molecule has 1 amide bonds. The molecule has 174 valence electrons. The Morgan fingerprint density at radius 1 is 1.10 bits per heavy atom. The van der Waals surface area contributed by atoms with Gasteiger partial charge in [-0.2, -0.15) is 4.31 Å². The van der Waals surface area contributed by atoms with Crippen molar-refractivity contribution in [2.24, 2.45) is 11.8 Å². The molecule has 2 aliphatic rings. The molecule has 1 N–H and O–H groups in total. The van der Waals surface area contributed by atoms with E-state index in [1.54, 1.807) is 28.6 Å². The van der Waals surface area contributed by atoms with Crippen molar-refractivity contribution in [2.45, 2.75) is 51.0 Å². The highest BCUT2D eigenvalue weighted by Crippen LogP contribution is 2.23. The highest BCUT2D eigenvalue weighted by molar-refractivity contribution is 7.89. The molecule has 1 atom stereocenters. The first-order valence-corrected chi connectivity index (χ1v) is 12.9. The number of amides is 1. The van der Waals surface area contributed by atoms with Crippen molar-refractivity contribution in [1.29, 1.82) is 0 Å². The van der Waals surface area contributed by atoms with Gasteiger partial charge in [0.15, 0.2) is 0 Å². The van der Waals surface area contributed by atoms with Gasteiger partial charge in [0.25, 0.3) is 5.91 Å². The monoisotopic (exact) mass is 451 g/mol. The molecule has 2 aliphatic heterocycles. The van der Waals surface area contributed by atoms with Gasteiger partial charge >= 0.3 is 0 Å². The Morgan fingerprint density at radius 3 is 2.29 bits per heavy atom. The van der Waals surface area contributed by atoms with Crippen LogP contribution in [0.2, 0.25) is 0 Å². The number of sulfonamides is 1. The van der Waals surface area contributed by atoms with Crippen molar-refractivity contribution >= 4 is 15.9 Å². The van der Waals surface area contributed by atoms with Crippen molar-refractivity contribution in [2.75, 3.05) is 45.9 Å². The summed E-state index contributed by atoms with van der Waals surface area (Å²) >= 11 is 0. The molecule has 0 saturated carbocycles. The molecule has 0 aliphatic carbocycles. The van der Waals surface area contributed by atoms with Crippen LogP contribution in [0.5, 0.6) is 0 Å². The lowest BCUT2D eigenvalue weighted by Crippen LogP contribution is -2.49. The normalized spacial score (nSPS) is 20.6. The minimum Gasteiger partial charge on any atom is -0.379 e.